The van der Waals surface area contributed by atoms with E-state index in [9.17, 15) is 4.79 Å². The molecule has 1 saturated heterocycles. The van der Waals surface area contributed by atoms with Gasteiger partial charge in [-0.15, -0.1) is 11.3 Å². The van der Waals surface area contributed by atoms with Crippen molar-refractivity contribution in [3.63, 3.8) is 0 Å². The van der Waals surface area contributed by atoms with Gasteiger partial charge in [0.15, 0.2) is 5.13 Å². The van der Waals surface area contributed by atoms with Gasteiger partial charge in [-0.05, 0) is 30.4 Å². The number of nitrogens with zero attached hydrogens (tertiary/aromatic N) is 3. The molecule has 1 aromatic carbocycles. The van der Waals surface area contributed by atoms with Crippen LogP contribution in [0, 0.1) is 0 Å². The molecule has 5 nitrogen and oxygen atoms in total. The average Bonchev–Trinajstić information content (AvgIpc) is 3.17. The maximum atomic E-state index is 12.7. The Kier molecular flexibility index (Phi) is 4.38. The van der Waals surface area contributed by atoms with E-state index >= 15 is 0 Å². The zero-order valence-corrected chi connectivity index (χ0v) is 14.5. The normalized spacial score (nSPS) is 20.6. The largest absolute Gasteiger partial charge is 0.345 e. The lowest BCUT2D eigenvalue weighted by molar-refractivity contribution is 0.189. The third kappa shape index (κ3) is 3.11. The summed E-state index contributed by atoms with van der Waals surface area (Å²) in [6.45, 7) is 3.20. The van der Waals surface area contributed by atoms with E-state index in [2.05, 4.69) is 39.5 Å². The number of hydrogen-bond donors (Lipinski definition) is 1. The van der Waals surface area contributed by atoms with Gasteiger partial charge in [-0.2, -0.15) is 0 Å². The predicted molar refractivity (Wildman–Crippen MR) is 96.6 cm³/mol. The first-order chi connectivity index (χ1) is 11.8. The number of piperazine rings is 1. The minimum Gasteiger partial charge on any atom is -0.345 e. The molecule has 1 atom stereocenters. The summed E-state index contributed by atoms with van der Waals surface area (Å²) in [6, 6.07) is 8.70. The van der Waals surface area contributed by atoms with Crippen LogP contribution < -0.4 is 10.2 Å². The molecule has 0 saturated carbocycles. The fraction of sp³-hybridized carbons (Fsp3) is 0.444. The number of amides is 2. The molecule has 1 aromatic heterocycles. The van der Waals surface area contributed by atoms with Crippen LogP contribution in [0.1, 0.15) is 30.0 Å². The van der Waals surface area contributed by atoms with E-state index in [1.165, 1.54) is 11.1 Å². The highest BCUT2D eigenvalue weighted by Gasteiger charge is 2.26. The second-order valence-corrected chi connectivity index (χ2v) is 7.25. The second kappa shape index (κ2) is 6.81. The molecule has 126 valence electrons. The molecule has 24 heavy (non-hydrogen) atoms. The molecule has 1 aliphatic heterocycles. The van der Waals surface area contributed by atoms with Gasteiger partial charge in [0, 0.05) is 37.8 Å². The molecule has 4 rings (SSSR count). The molecule has 0 radical (unpaired) electrons. The van der Waals surface area contributed by atoms with Crippen molar-refractivity contribution >= 4 is 22.5 Å². The molecule has 0 spiro atoms. The molecule has 1 aliphatic carbocycles. The molecular weight excluding hydrogens is 320 g/mol. The number of aromatic nitrogens is 1. The first-order valence-electron chi connectivity index (χ1n) is 8.59. The van der Waals surface area contributed by atoms with Crippen LogP contribution in [0.4, 0.5) is 9.93 Å². The van der Waals surface area contributed by atoms with Gasteiger partial charge in [0.05, 0.1) is 6.04 Å². The van der Waals surface area contributed by atoms with Crippen LogP contribution in [0.15, 0.2) is 35.8 Å². The highest BCUT2D eigenvalue weighted by Crippen LogP contribution is 2.29. The van der Waals surface area contributed by atoms with E-state index in [-0.39, 0.29) is 12.1 Å². The molecule has 1 fully saturated rings. The van der Waals surface area contributed by atoms with Crippen LogP contribution in [-0.2, 0) is 6.42 Å². The monoisotopic (exact) mass is 342 g/mol. The van der Waals surface area contributed by atoms with Gasteiger partial charge in [-0.3, -0.25) is 0 Å². The quantitative estimate of drug-likeness (QED) is 0.912. The summed E-state index contributed by atoms with van der Waals surface area (Å²) in [5.41, 5.74) is 2.67. The Morgan fingerprint density at radius 2 is 2.04 bits per heavy atom. The Morgan fingerprint density at radius 1 is 1.21 bits per heavy atom. The Morgan fingerprint density at radius 3 is 2.83 bits per heavy atom. The van der Waals surface area contributed by atoms with Crippen LogP contribution >= 0.6 is 11.3 Å². The highest BCUT2D eigenvalue weighted by molar-refractivity contribution is 7.13. The Hall–Kier alpha value is -2.08. The first kappa shape index (κ1) is 15.4. The number of nitrogens with one attached hydrogen (secondary N) is 1. The van der Waals surface area contributed by atoms with Gasteiger partial charge in [-0.25, -0.2) is 9.78 Å². The van der Waals surface area contributed by atoms with Crippen molar-refractivity contribution < 1.29 is 4.79 Å². The number of rotatable bonds is 2. The number of urea groups is 1. The maximum absolute atomic E-state index is 12.7. The fourth-order valence-electron chi connectivity index (χ4n) is 3.62. The third-order valence-corrected chi connectivity index (χ3v) is 5.76. The lowest BCUT2D eigenvalue weighted by Crippen LogP contribution is -2.52. The summed E-state index contributed by atoms with van der Waals surface area (Å²) < 4.78 is 0. The van der Waals surface area contributed by atoms with E-state index in [1.54, 1.807) is 11.3 Å². The van der Waals surface area contributed by atoms with Gasteiger partial charge in [0.25, 0.3) is 0 Å². The number of thiazole rings is 1. The lowest BCUT2D eigenvalue weighted by Gasteiger charge is -2.36. The minimum absolute atomic E-state index is 0.0653. The van der Waals surface area contributed by atoms with E-state index in [0.29, 0.717) is 0 Å². The predicted octanol–water partition coefficient (Wildman–Crippen LogP) is 3.05. The average molecular weight is 342 g/mol. The van der Waals surface area contributed by atoms with Crippen LogP contribution in [0.2, 0.25) is 0 Å². The van der Waals surface area contributed by atoms with Crippen molar-refractivity contribution in [1.29, 1.82) is 0 Å². The SMILES string of the molecule is O=C(N[C@H]1CCCc2ccccc21)N1CCN(c2nccs2)CC1. The number of hydrogen-bond acceptors (Lipinski definition) is 4. The Labute approximate surface area is 146 Å². The Balaban J connectivity index is 1.36. The summed E-state index contributed by atoms with van der Waals surface area (Å²) in [6.07, 6.45) is 5.12. The number of carbonyl (C=O) groups is 1. The van der Waals surface area contributed by atoms with Gasteiger partial charge in [-0.1, -0.05) is 24.3 Å². The molecule has 2 aliphatic rings. The van der Waals surface area contributed by atoms with Crippen molar-refractivity contribution in [2.24, 2.45) is 0 Å². The van der Waals surface area contributed by atoms with Gasteiger partial charge in [0.1, 0.15) is 0 Å². The number of fused-ring (bicyclic) bond motifs is 1. The standard InChI is InChI=1S/C18H22N4OS/c23-17(20-16-7-3-5-14-4-1-2-6-15(14)16)21-9-11-22(12-10-21)18-19-8-13-24-18/h1-2,4,6,8,13,16H,3,5,7,9-12H2,(H,20,23)/t16-/m0/s1. The Bertz CT molecular complexity index is 695. The summed E-state index contributed by atoms with van der Waals surface area (Å²) in [5, 5.41) is 6.30. The zero-order valence-electron chi connectivity index (χ0n) is 13.6. The summed E-state index contributed by atoms with van der Waals surface area (Å²) in [4.78, 5) is 21.2. The van der Waals surface area contributed by atoms with Crippen molar-refractivity contribution in [1.82, 2.24) is 15.2 Å². The molecule has 2 aromatic rings. The van der Waals surface area contributed by atoms with Crippen LogP contribution in [0.25, 0.3) is 0 Å². The first-order valence-corrected chi connectivity index (χ1v) is 9.47. The molecule has 0 bridgehead atoms. The van der Waals surface area contributed by atoms with Crippen molar-refractivity contribution in [2.75, 3.05) is 31.1 Å². The van der Waals surface area contributed by atoms with Crippen LogP contribution in [0.5, 0.6) is 0 Å². The van der Waals surface area contributed by atoms with Crippen molar-refractivity contribution in [3.05, 3.63) is 47.0 Å². The van der Waals surface area contributed by atoms with E-state index in [1.807, 2.05) is 16.5 Å². The molecule has 0 unspecified atom stereocenters. The smallest absolute Gasteiger partial charge is 0.318 e. The van der Waals surface area contributed by atoms with Crippen molar-refractivity contribution in [3.8, 4) is 0 Å². The molecule has 2 amide bonds. The summed E-state index contributed by atoms with van der Waals surface area (Å²) in [5.74, 6) is 0. The minimum atomic E-state index is 0.0653. The fourth-order valence-corrected chi connectivity index (χ4v) is 4.31. The second-order valence-electron chi connectivity index (χ2n) is 6.38. The number of anilines is 1. The summed E-state index contributed by atoms with van der Waals surface area (Å²) in [7, 11) is 0. The third-order valence-electron chi connectivity index (χ3n) is 4.92. The molecular formula is C18H22N4OS. The number of benzene rings is 1. The van der Waals surface area contributed by atoms with Gasteiger partial charge >= 0.3 is 6.03 Å². The summed E-state index contributed by atoms with van der Waals surface area (Å²) >= 11 is 1.66. The molecule has 1 N–H and O–H groups in total. The van der Waals surface area contributed by atoms with Gasteiger partial charge < -0.3 is 15.1 Å². The van der Waals surface area contributed by atoms with E-state index < -0.39 is 0 Å². The molecule has 6 heteroatoms. The van der Waals surface area contributed by atoms with E-state index in [0.717, 1.165) is 50.6 Å². The number of carbonyl (C=O) groups excluding carboxylic acids is 1. The lowest BCUT2D eigenvalue weighted by atomic mass is 9.88. The van der Waals surface area contributed by atoms with Crippen molar-refractivity contribution in [2.45, 2.75) is 25.3 Å². The van der Waals surface area contributed by atoms with Crippen LogP contribution in [-0.4, -0.2) is 42.1 Å². The van der Waals surface area contributed by atoms with Crippen LogP contribution in [0.3, 0.4) is 0 Å². The van der Waals surface area contributed by atoms with Gasteiger partial charge in [0.2, 0.25) is 0 Å². The topological polar surface area (TPSA) is 48.5 Å². The van der Waals surface area contributed by atoms with E-state index in [4.69, 9.17) is 0 Å². The molecule has 2 heterocycles. The highest BCUT2D eigenvalue weighted by atomic mass is 32.1. The number of aryl methyl sites for hydroxylation is 1. The zero-order chi connectivity index (χ0) is 16.4. The maximum Gasteiger partial charge on any atom is 0.318 e.